The average molecular weight is 341 g/mol. The molecule has 0 radical (unpaired) electrons. The zero-order valence-corrected chi connectivity index (χ0v) is 14.3. The summed E-state index contributed by atoms with van der Waals surface area (Å²) in [5.74, 6) is 0.951. The van der Waals surface area contributed by atoms with E-state index < -0.39 is 0 Å². The lowest BCUT2D eigenvalue weighted by Crippen LogP contribution is -2.29. The second-order valence-corrected chi connectivity index (χ2v) is 7.27. The second kappa shape index (κ2) is 5.94. The van der Waals surface area contributed by atoms with Gasteiger partial charge in [0, 0.05) is 28.1 Å². The molecule has 1 amide bonds. The van der Waals surface area contributed by atoms with Crippen molar-refractivity contribution in [1.29, 1.82) is 0 Å². The Balaban J connectivity index is 1.42. The van der Waals surface area contributed by atoms with E-state index in [4.69, 9.17) is 4.74 Å². The lowest BCUT2D eigenvalue weighted by molar-refractivity contribution is -0.125. The molecule has 24 heavy (non-hydrogen) atoms. The number of ether oxygens (including phenoxy) is 1. The van der Waals surface area contributed by atoms with Crippen molar-refractivity contribution < 1.29 is 9.53 Å². The number of fused-ring (bicyclic) bond motifs is 1. The van der Waals surface area contributed by atoms with Gasteiger partial charge in [0.05, 0.1) is 17.7 Å². The van der Waals surface area contributed by atoms with E-state index in [0.717, 1.165) is 40.9 Å². The van der Waals surface area contributed by atoms with Gasteiger partial charge in [-0.3, -0.25) is 4.79 Å². The van der Waals surface area contributed by atoms with E-state index in [1.54, 1.807) is 16.8 Å². The van der Waals surface area contributed by atoms with Gasteiger partial charge in [0.15, 0.2) is 0 Å². The van der Waals surface area contributed by atoms with Gasteiger partial charge < -0.3 is 15.0 Å². The molecular formula is C18H19N3O2S. The maximum Gasteiger partial charge on any atom is 0.226 e. The van der Waals surface area contributed by atoms with Crippen LogP contribution in [0.1, 0.15) is 31.2 Å². The molecule has 1 aromatic carbocycles. The standard InChI is InChI=1S/C18H19N3O2S/c1-18(4-5-18)17(22)19-8-13-6-12-2-3-15(7-16(12)21-13)23-9-14-10-24-11-20-14/h2-3,6-7,10-11,21H,4-5,8-9H2,1H3,(H,19,22). The summed E-state index contributed by atoms with van der Waals surface area (Å²) in [6.07, 6.45) is 1.98. The molecule has 6 heteroatoms. The molecule has 1 fully saturated rings. The molecule has 124 valence electrons. The van der Waals surface area contributed by atoms with E-state index in [-0.39, 0.29) is 11.3 Å². The molecule has 0 bridgehead atoms. The van der Waals surface area contributed by atoms with Gasteiger partial charge in [-0.1, -0.05) is 6.92 Å². The Morgan fingerprint density at radius 1 is 1.42 bits per heavy atom. The Morgan fingerprint density at radius 2 is 2.29 bits per heavy atom. The number of thiazole rings is 1. The molecule has 0 spiro atoms. The van der Waals surface area contributed by atoms with Crippen molar-refractivity contribution in [2.24, 2.45) is 5.41 Å². The zero-order valence-electron chi connectivity index (χ0n) is 13.5. The summed E-state index contributed by atoms with van der Waals surface area (Å²) < 4.78 is 5.77. The third kappa shape index (κ3) is 3.14. The van der Waals surface area contributed by atoms with Crippen molar-refractivity contribution in [2.75, 3.05) is 0 Å². The molecule has 5 nitrogen and oxygen atoms in total. The topological polar surface area (TPSA) is 67.0 Å². The molecule has 1 saturated carbocycles. The smallest absolute Gasteiger partial charge is 0.226 e. The molecule has 0 unspecified atom stereocenters. The van der Waals surface area contributed by atoms with Crippen LogP contribution in [-0.4, -0.2) is 15.9 Å². The number of aromatic amines is 1. The summed E-state index contributed by atoms with van der Waals surface area (Å²) in [6, 6.07) is 8.02. The van der Waals surface area contributed by atoms with E-state index in [9.17, 15) is 4.79 Å². The van der Waals surface area contributed by atoms with Crippen LogP contribution in [0.2, 0.25) is 0 Å². The van der Waals surface area contributed by atoms with Gasteiger partial charge in [-0.2, -0.15) is 0 Å². The molecular weight excluding hydrogens is 322 g/mol. The number of amides is 1. The Kier molecular flexibility index (Phi) is 3.76. The summed E-state index contributed by atoms with van der Waals surface area (Å²) >= 11 is 1.56. The van der Waals surface area contributed by atoms with E-state index in [1.165, 1.54) is 0 Å². The van der Waals surface area contributed by atoms with Crippen LogP contribution in [0.3, 0.4) is 0 Å². The van der Waals surface area contributed by atoms with Gasteiger partial charge in [-0.25, -0.2) is 4.98 Å². The Hall–Kier alpha value is -2.34. The maximum atomic E-state index is 12.0. The Labute approximate surface area is 144 Å². The average Bonchev–Trinajstić information content (AvgIpc) is 3.03. The quantitative estimate of drug-likeness (QED) is 0.719. The van der Waals surface area contributed by atoms with Crippen LogP contribution in [0.4, 0.5) is 0 Å². The Bertz CT molecular complexity index is 866. The van der Waals surface area contributed by atoms with Crippen LogP contribution >= 0.6 is 11.3 Å². The number of hydrogen-bond acceptors (Lipinski definition) is 4. The summed E-state index contributed by atoms with van der Waals surface area (Å²) in [5, 5.41) is 6.10. The zero-order chi connectivity index (χ0) is 16.6. The van der Waals surface area contributed by atoms with Crippen molar-refractivity contribution in [1.82, 2.24) is 15.3 Å². The first-order valence-electron chi connectivity index (χ1n) is 8.02. The molecule has 2 N–H and O–H groups in total. The van der Waals surface area contributed by atoms with Gasteiger partial charge in [0.25, 0.3) is 0 Å². The van der Waals surface area contributed by atoms with E-state index >= 15 is 0 Å². The predicted molar refractivity (Wildman–Crippen MR) is 93.9 cm³/mol. The SMILES string of the molecule is CC1(C(=O)NCc2cc3ccc(OCc4cscn4)cc3[nH]2)CC1. The number of nitrogens with zero attached hydrogens (tertiary/aromatic N) is 1. The molecule has 2 aromatic heterocycles. The van der Waals surface area contributed by atoms with Gasteiger partial charge in [-0.15, -0.1) is 11.3 Å². The van der Waals surface area contributed by atoms with Gasteiger partial charge >= 0.3 is 0 Å². The summed E-state index contributed by atoms with van der Waals surface area (Å²) in [5.41, 5.74) is 4.61. The molecule has 1 aliphatic rings. The highest BCUT2D eigenvalue weighted by atomic mass is 32.1. The fraction of sp³-hybridized carbons (Fsp3) is 0.333. The minimum atomic E-state index is -0.136. The molecule has 0 saturated heterocycles. The highest BCUT2D eigenvalue weighted by Gasteiger charge is 2.44. The number of H-pyrrole nitrogens is 1. The number of hydrogen-bond donors (Lipinski definition) is 2. The third-order valence-corrected chi connectivity index (χ3v) is 5.14. The largest absolute Gasteiger partial charge is 0.487 e. The van der Waals surface area contributed by atoms with Crippen molar-refractivity contribution in [3.8, 4) is 5.75 Å². The lowest BCUT2D eigenvalue weighted by atomic mass is 10.1. The van der Waals surface area contributed by atoms with E-state index in [0.29, 0.717) is 13.2 Å². The number of benzene rings is 1. The van der Waals surface area contributed by atoms with Gasteiger partial charge in [-0.05, 0) is 36.4 Å². The second-order valence-electron chi connectivity index (χ2n) is 6.56. The highest BCUT2D eigenvalue weighted by Crippen LogP contribution is 2.45. The first-order chi connectivity index (χ1) is 11.6. The molecule has 2 heterocycles. The molecule has 4 rings (SSSR count). The minimum Gasteiger partial charge on any atom is -0.487 e. The van der Waals surface area contributed by atoms with E-state index in [1.807, 2.05) is 30.5 Å². The van der Waals surface area contributed by atoms with Crippen LogP contribution in [-0.2, 0) is 17.9 Å². The first kappa shape index (κ1) is 15.2. The van der Waals surface area contributed by atoms with Crippen molar-refractivity contribution in [3.63, 3.8) is 0 Å². The summed E-state index contributed by atoms with van der Waals surface area (Å²) in [4.78, 5) is 19.6. The van der Waals surface area contributed by atoms with Crippen LogP contribution < -0.4 is 10.1 Å². The number of rotatable bonds is 6. The van der Waals surface area contributed by atoms with Crippen molar-refractivity contribution in [2.45, 2.75) is 32.9 Å². The van der Waals surface area contributed by atoms with Gasteiger partial charge in [0.1, 0.15) is 12.4 Å². The highest BCUT2D eigenvalue weighted by molar-refractivity contribution is 7.07. The molecule has 3 aromatic rings. The predicted octanol–water partition coefficient (Wildman–Crippen LogP) is 3.62. The van der Waals surface area contributed by atoms with Crippen molar-refractivity contribution in [3.05, 3.63) is 46.5 Å². The fourth-order valence-electron chi connectivity index (χ4n) is 2.62. The number of nitrogens with one attached hydrogen (secondary N) is 2. The summed E-state index contributed by atoms with van der Waals surface area (Å²) in [6.45, 7) is 3.01. The normalized spacial score (nSPS) is 15.4. The maximum absolute atomic E-state index is 12.0. The number of carbonyl (C=O) groups is 1. The summed E-state index contributed by atoms with van der Waals surface area (Å²) in [7, 11) is 0. The first-order valence-corrected chi connectivity index (χ1v) is 8.96. The minimum absolute atomic E-state index is 0.136. The molecule has 1 aliphatic carbocycles. The third-order valence-electron chi connectivity index (χ3n) is 4.51. The number of carbonyl (C=O) groups excluding carboxylic acids is 1. The molecule has 0 atom stereocenters. The Morgan fingerprint density at radius 3 is 3.04 bits per heavy atom. The van der Waals surface area contributed by atoms with Crippen LogP contribution in [0.15, 0.2) is 35.2 Å². The fourth-order valence-corrected chi connectivity index (χ4v) is 3.16. The van der Waals surface area contributed by atoms with Crippen LogP contribution in [0.5, 0.6) is 5.75 Å². The molecule has 0 aliphatic heterocycles. The van der Waals surface area contributed by atoms with E-state index in [2.05, 4.69) is 21.4 Å². The van der Waals surface area contributed by atoms with Crippen LogP contribution in [0.25, 0.3) is 10.9 Å². The number of aromatic nitrogens is 2. The monoisotopic (exact) mass is 341 g/mol. The lowest BCUT2D eigenvalue weighted by Gasteiger charge is -2.08. The van der Waals surface area contributed by atoms with Gasteiger partial charge in [0.2, 0.25) is 5.91 Å². The van der Waals surface area contributed by atoms with Crippen molar-refractivity contribution >= 4 is 28.1 Å². The van der Waals surface area contributed by atoms with Crippen LogP contribution in [0, 0.1) is 5.41 Å².